The van der Waals surface area contributed by atoms with E-state index in [-0.39, 0.29) is 5.91 Å². The van der Waals surface area contributed by atoms with Gasteiger partial charge in [-0.1, -0.05) is 6.07 Å². The third-order valence-electron chi connectivity index (χ3n) is 5.21. The molecule has 1 fully saturated rings. The number of benzene rings is 1. The number of hydrogen-bond acceptors (Lipinski definition) is 4. The highest BCUT2D eigenvalue weighted by Gasteiger charge is 2.19. The summed E-state index contributed by atoms with van der Waals surface area (Å²) in [6.07, 6.45) is 6.04. The van der Waals surface area contributed by atoms with Gasteiger partial charge in [0.2, 0.25) is 0 Å². The van der Waals surface area contributed by atoms with E-state index in [9.17, 15) is 4.79 Å². The zero-order chi connectivity index (χ0) is 18.1. The van der Waals surface area contributed by atoms with E-state index in [1.165, 1.54) is 0 Å². The number of H-pyrrole nitrogens is 1. The van der Waals surface area contributed by atoms with Crippen LogP contribution in [0.4, 0.5) is 0 Å². The molecule has 1 aromatic carbocycles. The van der Waals surface area contributed by atoms with E-state index in [2.05, 4.69) is 32.6 Å². The van der Waals surface area contributed by atoms with Crippen molar-refractivity contribution in [1.29, 1.82) is 0 Å². The van der Waals surface area contributed by atoms with Crippen LogP contribution in [0, 0.1) is 5.92 Å². The van der Waals surface area contributed by atoms with Crippen LogP contribution in [0.15, 0.2) is 30.6 Å². The minimum atomic E-state index is -0.112. The van der Waals surface area contributed by atoms with Crippen molar-refractivity contribution in [2.75, 3.05) is 26.7 Å². The summed E-state index contributed by atoms with van der Waals surface area (Å²) in [5.74, 6) is 0.435. The lowest BCUT2D eigenvalue weighted by atomic mass is 9.97. The molecule has 0 radical (unpaired) electrons. The number of amides is 1. The summed E-state index contributed by atoms with van der Waals surface area (Å²) >= 11 is 0. The summed E-state index contributed by atoms with van der Waals surface area (Å²) in [6.45, 7) is 2.91. The molecule has 26 heavy (non-hydrogen) atoms. The van der Waals surface area contributed by atoms with Gasteiger partial charge in [-0.15, -0.1) is 0 Å². The quantitative estimate of drug-likeness (QED) is 0.753. The van der Waals surface area contributed by atoms with Gasteiger partial charge in [0.25, 0.3) is 5.91 Å². The predicted octanol–water partition coefficient (Wildman–Crippen LogP) is 2.04. The molecule has 1 saturated heterocycles. The maximum atomic E-state index is 12.7. The minimum absolute atomic E-state index is 0.112. The summed E-state index contributed by atoms with van der Waals surface area (Å²) in [7, 11) is 4.03. The highest BCUT2D eigenvalue weighted by Crippen LogP contribution is 2.25. The first-order chi connectivity index (χ1) is 12.6. The second-order valence-corrected chi connectivity index (χ2v) is 7.19. The van der Waals surface area contributed by atoms with Crippen LogP contribution in [0.2, 0.25) is 0 Å². The summed E-state index contributed by atoms with van der Waals surface area (Å²) in [6, 6.07) is 5.97. The molecule has 0 saturated carbocycles. The lowest BCUT2D eigenvalue weighted by Gasteiger charge is -2.28. The first-order valence-corrected chi connectivity index (χ1v) is 9.04. The fraction of sp³-hybridized carbons (Fsp3) is 0.421. The highest BCUT2D eigenvalue weighted by atomic mass is 16.1. The largest absolute Gasteiger partial charge is 0.350 e. The summed E-state index contributed by atoms with van der Waals surface area (Å²) in [4.78, 5) is 15.0. The second kappa shape index (κ2) is 6.92. The average molecular weight is 352 g/mol. The molecule has 1 aliphatic heterocycles. The predicted molar refractivity (Wildman–Crippen MR) is 101 cm³/mol. The Balaban J connectivity index is 1.51. The molecule has 3 aromatic rings. The van der Waals surface area contributed by atoms with Crippen molar-refractivity contribution in [3.8, 4) is 11.1 Å². The van der Waals surface area contributed by atoms with E-state index in [1.807, 2.05) is 37.6 Å². The van der Waals surface area contributed by atoms with Gasteiger partial charge in [0.15, 0.2) is 5.69 Å². The van der Waals surface area contributed by atoms with E-state index in [1.54, 1.807) is 4.68 Å². The molecule has 0 aliphatic carbocycles. The molecule has 7 nitrogen and oxygen atoms in total. The smallest absolute Gasteiger partial charge is 0.272 e. The summed E-state index contributed by atoms with van der Waals surface area (Å²) in [5.41, 5.74) is 3.37. The van der Waals surface area contributed by atoms with Crippen LogP contribution in [-0.2, 0) is 7.05 Å². The number of carbonyl (C=O) groups is 1. The maximum absolute atomic E-state index is 12.7. The average Bonchev–Trinajstić information content (AvgIpc) is 3.26. The standard InChI is InChI=1S/C19H24N6O/c1-24-7-5-13(6-8-24)10-20-19(26)18-16-9-14(3-4-17(16)22-23-18)15-11-21-25(2)12-15/h3-4,9,11-13H,5-8,10H2,1-2H3,(H,20,26)(H,22,23). The Morgan fingerprint density at radius 3 is 2.81 bits per heavy atom. The molecule has 2 N–H and O–H groups in total. The third-order valence-corrected chi connectivity index (χ3v) is 5.21. The van der Waals surface area contributed by atoms with Crippen molar-refractivity contribution in [3.05, 3.63) is 36.3 Å². The Morgan fingerprint density at radius 1 is 1.27 bits per heavy atom. The highest BCUT2D eigenvalue weighted by molar-refractivity contribution is 6.05. The van der Waals surface area contributed by atoms with Crippen molar-refractivity contribution in [1.82, 2.24) is 30.2 Å². The summed E-state index contributed by atoms with van der Waals surface area (Å²) < 4.78 is 1.77. The normalized spacial score (nSPS) is 16.2. The molecule has 3 heterocycles. The lowest BCUT2D eigenvalue weighted by molar-refractivity contribution is 0.0935. The molecule has 4 rings (SSSR count). The molecule has 0 atom stereocenters. The van der Waals surface area contributed by atoms with Gasteiger partial charge in [-0.3, -0.25) is 14.6 Å². The van der Waals surface area contributed by atoms with Crippen LogP contribution < -0.4 is 5.32 Å². The molecule has 1 aliphatic rings. The Kier molecular flexibility index (Phi) is 4.46. The van der Waals surface area contributed by atoms with Crippen molar-refractivity contribution < 1.29 is 4.79 Å². The van der Waals surface area contributed by atoms with E-state index in [0.29, 0.717) is 18.2 Å². The van der Waals surface area contributed by atoms with Crippen molar-refractivity contribution in [2.45, 2.75) is 12.8 Å². The van der Waals surface area contributed by atoms with Gasteiger partial charge in [-0.25, -0.2) is 0 Å². The number of nitrogens with one attached hydrogen (secondary N) is 2. The van der Waals surface area contributed by atoms with Gasteiger partial charge in [0, 0.05) is 30.7 Å². The molecular formula is C19H24N6O. The Labute approximate surface area is 152 Å². The Morgan fingerprint density at radius 2 is 2.08 bits per heavy atom. The van der Waals surface area contributed by atoms with Crippen LogP contribution in [0.5, 0.6) is 0 Å². The zero-order valence-corrected chi connectivity index (χ0v) is 15.2. The monoisotopic (exact) mass is 352 g/mol. The SMILES string of the molecule is CN1CCC(CNC(=O)c2n[nH]c3ccc(-c4cnn(C)c4)cc23)CC1. The number of fused-ring (bicyclic) bond motifs is 1. The number of rotatable bonds is 4. The minimum Gasteiger partial charge on any atom is -0.350 e. The number of aromatic amines is 1. The number of hydrogen-bond donors (Lipinski definition) is 2. The van der Waals surface area contributed by atoms with Crippen molar-refractivity contribution >= 4 is 16.8 Å². The fourth-order valence-electron chi connectivity index (χ4n) is 3.52. The molecule has 2 aromatic heterocycles. The van der Waals surface area contributed by atoms with Crippen LogP contribution in [-0.4, -0.2) is 57.5 Å². The third kappa shape index (κ3) is 3.35. The van der Waals surface area contributed by atoms with Crippen LogP contribution in [0.3, 0.4) is 0 Å². The zero-order valence-electron chi connectivity index (χ0n) is 15.2. The fourth-order valence-corrected chi connectivity index (χ4v) is 3.52. The first kappa shape index (κ1) is 16.8. The van der Waals surface area contributed by atoms with E-state index in [4.69, 9.17) is 0 Å². The maximum Gasteiger partial charge on any atom is 0.272 e. The number of carbonyl (C=O) groups excluding carboxylic acids is 1. The van der Waals surface area contributed by atoms with E-state index in [0.717, 1.165) is 48.0 Å². The molecule has 1 amide bonds. The Hall–Kier alpha value is -2.67. The summed E-state index contributed by atoms with van der Waals surface area (Å²) in [5, 5.41) is 15.3. The van der Waals surface area contributed by atoms with Crippen molar-refractivity contribution in [3.63, 3.8) is 0 Å². The van der Waals surface area contributed by atoms with Gasteiger partial charge < -0.3 is 10.2 Å². The van der Waals surface area contributed by atoms with Gasteiger partial charge in [0.05, 0.1) is 11.7 Å². The van der Waals surface area contributed by atoms with E-state index >= 15 is 0 Å². The van der Waals surface area contributed by atoms with Crippen LogP contribution >= 0.6 is 0 Å². The van der Waals surface area contributed by atoms with E-state index < -0.39 is 0 Å². The van der Waals surface area contributed by atoms with Crippen LogP contribution in [0.1, 0.15) is 23.3 Å². The topological polar surface area (TPSA) is 78.8 Å². The molecule has 0 unspecified atom stereocenters. The molecule has 0 spiro atoms. The van der Waals surface area contributed by atoms with Crippen molar-refractivity contribution in [2.24, 2.45) is 13.0 Å². The van der Waals surface area contributed by atoms with Gasteiger partial charge in [-0.2, -0.15) is 10.2 Å². The number of aryl methyl sites for hydroxylation is 1. The van der Waals surface area contributed by atoms with Gasteiger partial charge in [0.1, 0.15) is 0 Å². The lowest BCUT2D eigenvalue weighted by Crippen LogP contribution is -2.37. The first-order valence-electron chi connectivity index (χ1n) is 9.04. The molecule has 0 bridgehead atoms. The molecular weight excluding hydrogens is 328 g/mol. The number of aromatic nitrogens is 4. The van der Waals surface area contributed by atoms with Gasteiger partial charge >= 0.3 is 0 Å². The molecule has 136 valence electrons. The number of nitrogens with zero attached hydrogens (tertiary/aromatic N) is 4. The number of likely N-dealkylation sites (tertiary alicyclic amines) is 1. The second-order valence-electron chi connectivity index (χ2n) is 7.19. The van der Waals surface area contributed by atoms with Gasteiger partial charge in [-0.05, 0) is 56.6 Å². The molecule has 7 heteroatoms. The van der Waals surface area contributed by atoms with Crippen LogP contribution in [0.25, 0.3) is 22.0 Å². The Bertz CT molecular complexity index is 919. The number of piperidine rings is 1.